The molecule has 6 atom stereocenters. The third-order valence-corrected chi connectivity index (χ3v) is 15.4. The van der Waals surface area contributed by atoms with E-state index in [2.05, 4.69) is 217 Å². The summed E-state index contributed by atoms with van der Waals surface area (Å²) in [5.41, 5.74) is 20.0. The average Bonchev–Trinajstić information content (AvgIpc) is 3.70. The zero-order valence-corrected chi connectivity index (χ0v) is 39.5. The molecule has 0 saturated carbocycles. The van der Waals surface area contributed by atoms with Crippen LogP contribution in [0.15, 0.2) is 256 Å². The van der Waals surface area contributed by atoms with Gasteiger partial charge >= 0.3 is 0 Å². The van der Waals surface area contributed by atoms with Crippen molar-refractivity contribution in [3.05, 3.63) is 268 Å². The number of ether oxygens (including phenoxy) is 1. The molecule has 4 aliphatic heterocycles. The van der Waals surface area contributed by atoms with Crippen LogP contribution in [0, 0.1) is 5.92 Å². The summed E-state index contributed by atoms with van der Waals surface area (Å²) in [5.74, 6) is 0.423. The smallest absolute Gasteiger partial charge is 0.107 e. The first-order valence-corrected chi connectivity index (χ1v) is 25.5. The van der Waals surface area contributed by atoms with Gasteiger partial charge in [0.15, 0.2) is 0 Å². The Balaban J connectivity index is 0.880. The molecular formula is C65H61N3O. The van der Waals surface area contributed by atoms with Gasteiger partial charge in [0.1, 0.15) is 12.3 Å². The number of hydrogen-bond acceptors (Lipinski definition) is 4. The van der Waals surface area contributed by atoms with E-state index in [0.717, 1.165) is 57.9 Å². The van der Waals surface area contributed by atoms with E-state index < -0.39 is 0 Å². The first-order chi connectivity index (χ1) is 34.2. The number of allylic oxidation sites excluding steroid dienone is 14. The van der Waals surface area contributed by atoms with Gasteiger partial charge in [0.2, 0.25) is 0 Å². The monoisotopic (exact) mass is 899 g/mol. The summed E-state index contributed by atoms with van der Waals surface area (Å²) in [4.78, 5) is 8.23. The van der Waals surface area contributed by atoms with Gasteiger partial charge < -0.3 is 9.64 Å². The summed E-state index contributed by atoms with van der Waals surface area (Å²) < 4.78 is 6.77. The van der Waals surface area contributed by atoms with Crippen LogP contribution in [0.25, 0.3) is 16.8 Å². The Labute approximate surface area is 409 Å². The third-order valence-electron chi connectivity index (χ3n) is 15.4. The molecule has 0 amide bonds. The summed E-state index contributed by atoms with van der Waals surface area (Å²) in [7, 11) is 0. The van der Waals surface area contributed by atoms with Gasteiger partial charge in [-0.2, -0.15) is 0 Å². The lowest BCUT2D eigenvalue weighted by atomic mass is 9.68. The van der Waals surface area contributed by atoms with Crippen LogP contribution >= 0.6 is 0 Å². The lowest BCUT2D eigenvalue weighted by molar-refractivity contribution is 0.137. The normalized spacial score (nSPS) is 26.5. The first kappa shape index (κ1) is 43.4. The molecule has 69 heavy (non-hydrogen) atoms. The SMILES string of the molecule is C1=CCCC(C2=CCN3C(c4ccccc4)=C(C4=CC(C5=CCC(C6N=C(C7=CCCC=C7)CC(c7ccc(-c8ccccc8)cc7)N6)C=C5)OCC=C4)C4=C(C=CCC4)C3C2c2ccccc2)=C1. The Morgan fingerprint density at radius 2 is 1.39 bits per heavy atom. The van der Waals surface area contributed by atoms with E-state index in [1.54, 1.807) is 0 Å². The van der Waals surface area contributed by atoms with E-state index in [0.29, 0.717) is 6.61 Å². The largest absolute Gasteiger partial charge is 0.365 e. The molecule has 12 rings (SSSR count). The maximum atomic E-state index is 6.77. The van der Waals surface area contributed by atoms with E-state index in [4.69, 9.17) is 9.73 Å². The summed E-state index contributed by atoms with van der Waals surface area (Å²) in [6.45, 7) is 1.41. The van der Waals surface area contributed by atoms with Crippen LogP contribution in [0.2, 0.25) is 0 Å². The van der Waals surface area contributed by atoms with E-state index in [1.807, 2.05) is 0 Å². The Kier molecular flexibility index (Phi) is 12.4. The van der Waals surface area contributed by atoms with Crippen molar-refractivity contribution in [3.63, 3.8) is 0 Å². The Bertz CT molecular complexity index is 3000. The van der Waals surface area contributed by atoms with Gasteiger partial charge in [-0.3, -0.25) is 10.3 Å². The molecule has 0 bridgehead atoms. The minimum atomic E-state index is -0.180. The molecule has 0 radical (unpaired) electrons. The second kappa shape index (κ2) is 19.6. The number of nitrogens with zero attached hydrogens (tertiary/aromatic N) is 2. The van der Waals surface area contributed by atoms with Gasteiger partial charge in [0.25, 0.3) is 0 Å². The van der Waals surface area contributed by atoms with Crippen molar-refractivity contribution < 1.29 is 4.74 Å². The molecule has 0 spiro atoms. The van der Waals surface area contributed by atoms with Gasteiger partial charge in [-0.05, 0) is 118 Å². The molecule has 1 N–H and O–H groups in total. The zero-order valence-electron chi connectivity index (χ0n) is 39.5. The quantitative estimate of drug-likeness (QED) is 0.182. The number of aliphatic imine (C=N–C) groups is 1. The molecule has 0 fully saturated rings. The molecule has 4 nitrogen and oxygen atoms in total. The van der Waals surface area contributed by atoms with Gasteiger partial charge in [-0.1, -0.05) is 200 Å². The van der Waals surface area contributed by atoms with Crippen molar-refractivity contribution in [3.8, 4) is 11.1 Å². The molecular weight excluding hydrogens is 839 g/mol. The van der Waals surface area contributed by atoms with Gasteiger partial charge in [0, 0.05) is 42.1 Å². The Morgan fingerprint density at radius 1 is 0.638 bits per heavy atom. The number of rotatable bonds is 9. The molecule has 6 unspecified atom stereocenters. The lowest BCUT2D eigenvalue weighted by Gasteiger charge is -2.50. The Hall–Kier alpha value is -6.85. The average molecular weight is 900 g/mol. The first-order valence-electron chi connectivity index (χ1n) is 25.5. The molecule has 342 valence electrons. The summed E-state index contributed by atoms with van der Waals surface area (Å²) in [5, 5.41) is 4.02. The fourth-order valence-electron chi connectivity index (χ4n) is 12.1. The molecule has 4 aromatic rings. The van der Waals surface area contributed by atoms with Crippen LogP contribution < -0.4 is 5.32 Å². The van der Waals surface area contributed by atoms with Crippen molar-refractivity contribution in [2.45, 2.75) is 81.6 Å². The molecule has 4 aromatic carbocycles. The molecule has 4 heterocycles. The van der Waals surface area contributed by atoms with Crippen molar-refractivity contribution >= 4 is 11.4 Å². The predicted octanol–water partition coefficient (Wildman–Crippen LogP) is 14.6. The third kappa shape index (κ3) is 8.77. The van der Waals surface area contributed by atoms with Crippen molar-refractivity contribution in [2.24, 2.45) is 10.9 Å². The number of hydrogen-bond donors (Lipinski definition) is 1. The van der Waals surface area contributed by atoms with E-state index in [-0.39, 0.29) is 36.2 Å². The topological polar surface area (TPSA) is 36.9 Å². The minimum Gasteiger partial charge on any atom is -0.365 e. The van der Waals surface area contributed by atoms with Crippen molar-refractivity contribution in [1.82, 2.24) is 10.2 Å². The predicted molar refractivity (Wildman–Crippen MR) is 285 cm³/mol. The van der Waals surface area contributed by atoms with E-state index in [9.17, 15) is 0 Å². The number of benzene rings is 4. The number of nitrogens with one attached hydrogen (secondary N) is 1. The van der Waals surface area contributed by atoms with Gasteiger partial charge in [-0.25, -0.2) is 0 Å². The molecule has 0 aromatic heterocycles. The summed E-state index contributed by atoms with van der Waals surface area (Å²) in [6, 6.07) is 42.7. The maximum absolute atomic E-state index is 6.77. The lowest BCUT2D eigenvalue weighted by Crippen LogP contribution is -2.47. The van der Waals surface area contributed by atoms with Crippen LogP contribution in [0.4, 0.5) is 0 Å². The fourth-order valence-corrected chi connectivity index (χ4v) is 12.1. The fraction of sp³-hybridized carbons (Fsp3) is 0.246. The maximum Gasteiger partial charge on any atom is 0.107 e. The highest BCUT2D eigenvalue weighted by Gasteiger charge is 2.44. The highest BCUT2D eigenvalue weighted by atomic mass is 16.5. The minimum absolute atomic E-state index is 0.0381. The summed E-state index contributed by atoms with van der Waals surface area (Å²) >= 11 is 0. The second-order valence-electron chi connectivity index (χ2n) is 19.6. The van der Waals surface area contributed by atoms with Crippen LogP contribution in [-0.4, -0.2) is 42.1 Å². The van der Waals surface area contributed by atoms with Crippen LogP contribution in [-0.2, 0) is 4.74 Å². The standard InChI is InChI=1S/C65H61N3O/c1-6-19-45(20-7-1)46-32-34-49(35-33-46)59-44-58(48-23-10-3-11-24-48)66-65(67-59)53-38-36-50(37-39-53)60-43-54(29-18-42-69-60)62-56-30-16-17-31-57(56)64-61(51-25-12-4-13-26-51)55(47-21-8-2-9-22-47)40-41-68(64)63(62)52-27-14-5-15-28-52/h1-2,4-8,10,12-15,17-21,23-29,31-38,40,43,53,59-61,64-65,67H,3,9,11,16,22,30,39,41-42,44H2. The highest BCUT2D eigenvalue weighted by Crippen LogP contribution is 2.53. The van der Waals surface area contributed by atoms with Crippen molar-refractivity contribution in [1.29, 1.82) is 0 Å². The van der Waals surface area contributed by atoms with E-state index >= 15 is 0 Å². The van der Waals surface area contributed by atoms with Crippen LogP contribution in [0.5, 0.6) is 0 Å². The van der Waals surface area contributed by atoms with Crippen LogP contribution in [0.3, 0.4) is 0 Å². The van der Waals surface area contributed by atoms with Crippen molar-refractivity contribution in [2.75, 3.05) is 13.2 Å². The molecule has 4 aliphatic carbocycles. The van der Waals surface area contributed by atoms with Crippen LogP contribution in [0.1, 0.15) is 80.0 Å². The Morgan fingerprint density at radius 3 is 2.14 bits per heavy atom. The molecule has 8 aliphatic rings. The van der Waals surface area contributed by atoms with E-state index in [1.165, 1.54) is 83.8 Å². The highest BCUT2D eigenvalue weighted by molar-refractivity contribution is 6.03. The van der Waals surface area contributed by atoms with Gasteiger partial charge in [0.05, 0.1) is 18.3 Å². The molecule has 4 heteroatoms. The summed E-state index contributed by atoms with van der Waals surface area (Å²) in [6.07, 6.45) is 43.5. The van der Waals surface area contributed by atoms with Gasteiger partial charge in [-0.15, -0.1) is 0 Å². The second-order valence-corrected chi connectivity index (χ2v) is 19.6. The number of fused-ring (bicyclic) bond motifs is 2. The molecule has 0 saturated heterocycles. The zero-order chi connectivity index (χ0) is 45.9.